The van der Waals surface area contributed by atoms with Crippen LogP contribution in [0.2, 0.25) is 0 Å². The topological polar surface area (TPSA) is 56.8 Å². The van der Waals surface area contributed by atoms with E-state index in [-0.39, 0.29) is 5.69 Å². The average molecular weight is 429 g/mol. The van der Waals surface area contributed by atoms with Crippen molar-refractivity contribution in [1.82, 2.24) is 0 Å². The van der Waals surface area contributed by atoms with Crippen LogP contribution < -0.4 is 19.5 Å². The highest BCUT2D eigenvalue weighted by Gasteiger charge is 2.39. The van der Waals surface area contributed by atoms with Crippen molar-refractivity contribution in [3.05, 3.63) is 71.8 Å². The zero-order chi connectivity index (χ0) is 22.2. The number of ether oxygens (including phenoxy) is 3. The molecule has 0 bridgehead atoms. The van der Waals surface area contributed by atoms with E-state index in [9.17, 15) is 18.0 Å². The lowest BCUT2D eigenvalue weighted by Gasteiger charge is -2.30. The van der Waals surface area contributed by atoms with Crippen LogP contribution in [0.1, 0.15) is 17.2 Å². The summed E-state index contributed by atoms with van der Waals surface area (Å²) in [5.74, 6) is -0.289. The predicted molar refractivity (Wildman–Crippen MR) is 109 cm³/mol. The number of carbonyl (C=O) groups is 1. The number of benzene rings is 3. The number of amides is 1. The van der Waals surface area contributed by atoms with Gasteiger partial charge in [-0.2, -0.15) is 13.2 Å². The minimum absolute atomic E-state index is 0.0101. The van der Waals surface area contributed by atoms with Crippen LogP contribution in [0.5, 0.6) is 17.2 Å². The van der Waals surface area contributed by atoms with Crippen molar-refractivity contribution in [3.8, 4) is 28.4 Å². The summed E-state index contributed by atoms with van der Waals surface area (Å²) in [6, 6.07) is 17.1. The molecular weight excluding hydrogens is 411 g/mol. The second-order valence-corrected chi connectivity index (χ2v) is 6.86. The molecule has 1 aliphatic rings. The molecule has 1 N–H and O–H groups in total. The molecule has 0 aromatic heterocycles. The maximum Gasteiger partial charge on any atom is 0.471 e. The Morgan fingerprint density at radius 1 is 1.00 bits per heavy atom. The molecular formula is C23H18F3NO4. The van der Waals surface area contributed by atoms with Crippen LogP contribution in [0.15, 0.2) is 60.7 Å². The minimum atomic E-state index is -4.99. The predicted octanol–water partition coefficient (Wildman–Crippen LogP) is 5.35. The van der Waals surface area contributed by atoms with Gasteiger partial charge in [0, 0.05) is 16.8 Å². The molecule has 5 nitrogen and oxygen atoms in total. The van der Waals surface area contributed by atoms with E-state index in [0.717, 1.165) is 11.1 Å². The Labute approximate surface area is 176 Å². The third kappa shape index (κ3) is 3.88. The fourth-order valence-electron chi connectivity index (χ4n) is 3.57. The van der Waals surface area contributed by atoms with Crippen molar-refractivity contribution in [1.29, 1.82) is 0 Å². The number of fused-ring (bicyclic) bond motifs is 3. The normalized spacial score (nSPS) is 14.7. The van der Waals surface area contributed by atoms with Gasteiger partial charge in [0.2, 0.25) is 0 Å². The molecule has 1 heterocycles. The molecule has 0 aliphatic carbocycles. The Kier molecular flexibility index (Phi) is 5.22. The number of anilines is 1. The van der Waals surface area contributed by atoms with Crippen molar-refractivity contribution in [2.75, 3.05) is 19.5 Å². The zero-order valence-electron chi connectivity index (χ0n) is 16.6. The van der Waals surface area contributed by atoms with Crippen molar-refractivity contribution in [2.45, 2.75) is 12.3 Å². The highest BCUT2D eigenvalue weighted by atomic mass is 19.4. The monoisotopic (exact) mass is 429 g/mol. The molecule has 1 aliphatic heterocycles. The summed E-state index contributed by atoms with van der Waals surface area (Å²) in [6.45, 7) is 0. The molecule has 3 aromatic rings. The minimum Gasteiger partial charge on any atom is -0.497 e. The SMILES string of the molecule is COc1cccc(C2Oc3cccc(OC)c3-c3ccc(NC(=O)C(F)(F)F)cc32)c1. The van der Waals surface area contributed by atoms with Crippen LogP contribution in [0.25, 0.3) is 11.1 Å². The van der Waals surface area contributed by atoms with Gasteiger partial charge in [0.25, 0.3) is 0 Å². The molecule has 1 unspecified atom stereocenters. The lowest BCUT2D eigenvalue weighted by molar-refractivity contribution is -0.167. The van der Waals surface area contributed by atoms with Crippen molar-refractivity contribution < 1.29 is 32.2 Å². The van der Waals surface area contributed by atoms with Gasteiger partial charge in [-0.15, -0.1) is 0 Å². The first kappa shape index (κ1) is 20.6. The molecule has 0 radical (unpaired) electrons. The number of hydrogen-bond acceptors (Lipinski definition) is 4. The maximum absolute atomic E-state index is 12.7. The zero-order valence-corrected chi connectivity index (χ0v) is 16.6. The first-order chi connectivity index (χ1) is 14.8. The average Bonchev–Trinajstić information content (AvgIpc) is 2.77. The molecule has 31 heavy (non-hydrogen) atoms. The lowest BCUT2D eigenvalue weighted by atomic mass is 9.88. The van der Waals surface area contributed by atoms with Gasteiger partial charge in [0.15, 0.2) is 0 Å². The van der Waals surface area contributed by atoms with Gasteiger partial charge in [-0.05, 0) is 42.0 Å². The van der Waals surface area contributed by atoms with Gasteiger partial charge < -0.3 is 19.5 Å². The van der Waals surface area contributed by atoms with E-state index < -0.39 is 18.2 Å². The van der Waals surface area contributed by atoms with E-state index in [1.54, 1.807) is 49.6 Å². The third-order valence-corrected chi connectivity index (χ3v) is 4.97. The number of hydrogen-bond donors (Lipinski definition) is 1. The molecule has 0 saturated heterocycles. The van der Waals surface area contributed by atoms with Crippen molar-refractivity contribution in [2.24, 2.45) is 0 Å². The van der Waals surface area contributed by atoms with Crippen LogP contribution in [0.4, 0.5) is 18.9 Å². The highest BCUT2D eigenvalue weighted by molar-refractivity contribution is 5.95. The standard InChI is InChI=1S/C23H18F3NO4/c1-29-15-6-3-5-13(11-15)21-17-12-14(27-22(28)23(24,25)26)9-10-16(17)20-18(30-2)7-4-8-19(20)31-21/h3-12,21H,1-2H3,(H,27,28). The van der Waals surface area contributed by atoms with Crippen LogP contribution in [-0.2, 0) is 4.79 Å². The Morgan fingerprint density at radius 2 is 1.77 bits per heavy atom. The number of halogens is 3. The largest absolute Gasteiger partial charge is 0.497 e. The summed E-state index contributed by atoms with van der Waals surface area (Å²) >= 11 is 0. The summed E-state index contributed by atoms with van der Waals surface area (Å²) in [7, 11) is 3.07. The maximum atomic E-state index is 12.7. The third-order valence-electron chi connectivity index (χ3n) is 4.97. The summed E-state index contributed by atoms with van der Waals surface area (Å²) in [6.07, 6.45) is -5.62. The highest BCUT2D eigenvalue weighted by Crippen LogP contribution is 2.49. The summed E-state index contributed by atoms with van der Waals surface area (Å²) in [5, 5.41) is 1.90. The smallest absolute Gasteiger partial charge is 0.471 e. The van der Waals surface area contributed by atoms with E-state index in [1.807, 2.05) is 11.4 Å². The summed E-state index contributed by atoms with van der Waals surface area (Å²) in [5.41, 5.74) is 2.76. The molecule has 1 atom stereocenters. The van der Waals surface area contributed by atoms with Gasteiger partial charge in [-0.1, -0.05) is 24.3 Å². The molecule has 160 valence electrons. The van der Waals surface area contributed by atoms with Gasteiger partial charge >= 0.3 is 12.1 Å². The van der Waals surface area contributed by atoms with E-state index in [2.05, 4.69) is 0 Å². The van der Waals surface area contributed by atoms with Crippen LogP contribution in [0.3, 0.4) is 0 Å². The molecule has 1 amide bonds. The van der Waals surface area contributed by atoms with Gasteiger partial charge in [-0.3, -0.25) is 4.79 Å². The second-order valence-electron chi connectivity index (χ2n) is 6.86. The van der Waals surface area contributed by atoms with E-state index in [4.69, 9.17) is 14.2 Å². The first-order valence-corrected chi connectivity index (χ1v) is 9.32. The summed E-state index contributed by atoms with van der Waals surface area (Å²) in [4.78, 5) is 11.4. The molecule has 3 aromatic carbocycles. The fraction of sp³-hybridized carbons (Fsp3) is 0.174. The van der Waals surface area contributed by atoms with E-state index in [0.29, 0.717) is 28.4 Å². The van der Waals surface area contributed by atoms with E-state index >= 15 is 0 Å². The Hall–Kier alpha value is -3.68. The van der Waals surface area contributed by atoms with Crippen molar-refractivity contribution in [3.63, 3.8) is 0 Å². The molecule has 0 spiro atoms. The number of rotatable bonds is 4. The molecule has 0 saturated carbocycles. The van der Waals surface area contributed by atoms with E-state index in [1.165, 1.54) is 19.2 Å². The number of nitrogens with one attached hydrogen (secondary N) is 1. The molecule has 4 rings (SSSR count). The quantitative estimate of drug-likeness (QED) is 0.607. The van der Waals surface area contributed by atoms with Crippen LogP contribution in [0, 0.1) is 0 Å². The van der Waals surface area contributed by atoms with Crippen LogP contribution >= 0.6 is 0 Å². The molecule has 8 heteroatoms. The van der Waals surface area contributed by atoms with Gasteiger partial charge in [0.05, 0.1) is 19.8 Å². The van der Waals surface area contributed by atoms with Gasteiger partial charge in [0.1, 0.15) is 23.4 Å². The Balaban J connectivity index is 1.86. The first-order valence-electron chi connectivity index (χ1n) is 9.32. The second kappa shape index (κ2) is 7.86. The lowest BCUT2D eigenvalue weighted by Crippen LogP contribution is -2.30. The van der Waals surface area contributed by atoms with Gasteiger partial charge in [-0.25, -0.2) is 0 Å². The number of methoxy groups -OCH3 is 2. The Morgan fingerprint density at radius 3 is 2.48 bits per heavy atom. The molecule has 0 fully saturated rings. The number of carbonyl (C=O) groups excluding carboxylic acids is 1. The van der Waals surface area contributed by atoms with Crippen molar-refractivity contribution >= 4 is 11.6 Å². The summed E-state index contributed by atoms with van der Waals surface area (Å²) < 4.78 is 55.2. The number of alkyl halides is 3. The fourth-order valence-corrected chi connectivity index (χ4v) is 3.57. The Bertz CT molecular complexity index is 1140. The van der Waals surface area contributed by atoms with Crippen LogP contribution in [-0.4, -0.2) is 26.3 Å².